The van der Waals surface area contributed by atoms with E-state index < -0.39 is 23.2 Å². The van der Waals surface area contributed by atoms with E-state index in [0.29, 0.717) is 22.7 Å². The summed E-state index contributed by atoms with van der Waals surface area (Å²) in [5.74, 6) is -2.34. The van der Waals surface area contributed by atoms with E-state index in [-0.39, 0.29) is 5.78 Å². The van der Waals surface area contributed by atoms with Gasteiger partial charge in [0.2, 0.25) is 0 Å². The van der Waals surface area contributed by atoms with Crippen molar-refractivity contribution < 1.29 is 19.1 Å². The Morgan fingerprint density at radius 1 is 1.41 bits per heavy atom. The van der Waals surface area contributed by atoms with Crippen LogP contribution >= 0.6 is 11.6 Å². The fraction of sp³-hybridized carbons (Fsp3) is 0.375. The number of hydrogen-bond acceptors (Lipinski definition) is 4. The van der Waals surface area contributed by atoms with Crippen LogP contribution < -0.4 is 5.32 Å². The van der Waals surface area contributed by atoms with Gasteiger partial charge in [0, 0.05) is 28.8 Å². The van der Waals surface area contributed by atoms with Crippen LogP contribution in [0.3, 0.4) is 0 Å². The van der Waals surface area contributed by atoms with Crippen LogP contribution in [0.5, 0.6) is 0 Å². The van der Waals surface area contributed by atoms with E-state index in [1.807, 2.05) is 6.92 Å². The lowest BCUT2D eigenvalue weighted by molar-refractivity contribution is -0.139. The van der Waals surface area contributed by atoms with E-state index >= 15 is 0 Å². The monoisotopic (exact) mass is 321 g/mol. The molecule has 2 aromatic rings. The number of ketones is 1. The molecular weight excluding hydrogens is 306 g/mol. The standard InChI is InChI=1S/C16H16ClNO4/c1-16(7-18-2)11(12(16)15(20)21)13(19)9-5-8-3-4-22-14(8)10(17)6-9/h3-6,11-12,18H,7H2,1-2H3,(H,20,21)/t11-,12-,16?/m0/s1. The molecule has 3 rings (SSSR count). The largest absolute Gasteiger partial charge is 0.481 e. The highest BCUT2D eigenvalue weighted by Gasteiger charge is 2.68. The van der Waals surface area contributed by atoms with Gasteiger partial charge in [0.05, 0.1) is 17.2 Å². The maximum atomic E-state index is 12.7. The van der Waals surface area contributed by atoms with Gasteiger partial charge in [-0.3, -0.25) is 9.59 Å². The fourth-order valence-corrected chi connectivity index (χ4v) is 3.67. The lowest BCUT2D eigenvalue weighted by Crippen LogP contribution is -2.22. The molecule has 116 valence electrons. The van der Waals surface area contributed by atoms with Crippen molar-refractivity contribution >= 4 is 34.3 Å². The molecule has 1 saturated carbocycles. The lowest BCUT2D eigenvalue weighted by atomic mass is 9.99. The number of carbonyl (C=O) groups is 2. The number of rotatable bonds is 5. The van der Waals surface area contributed by atoms with Crippen molar-refractivity contribution in [3.05, 3.63) is 35.0 Å². The number of furan rings is 1. The van der Waals surface area contributed by atoms with Crippen molar-refractivity contribution in [3.8, 4) is 0 Å². The zero-order valence-corrected chi connectivity index (χ0v) is 13.0. The van der Waals surface area contributed by atoms with E-state index in [4.69, 9.17) is 16.0 Å². The van der Waals surface area contributed by atoms with Gasteiger partial charge >= 0.3 is 5.97 Å². The average Bonchev–Trinajstić information content (AvgIpc) is 2.82. The summed E-state index contributed by atoms with van der Waals surface area (Å²) in [6.45, 7) is 2.30. The Morgan fingerprint density at radius 2 is 2.14 bits per heavy atom. The van der Waals surface area contributed by atoms with Gasteiger partial charge < -0.3 is 14.8 Å². The van der Waals surface area contributed by atoms with Crippen LogP contribution in [0.2, 0.25) is 5.02 Å². The van der Waals surface area contributed by atoms with Crippen LogP contribution in [0, 0.1) is 17.3 Å². The molecule has 0 bridgehead atoms. The third-order valence-corrected chi connectivity index (χ3v) is 4.82. The number of Topliss-reactive ketones (excluding diaryl/α,β-unsaturated/α-hetero) is 1. The highest BCUT2D eigenvalue weighted by atomic mass is 35.5. The van der Waals surface area contributed by atoms with Gasteiger partial charge in [0.15, 0.2) is 11.4 Å². The van der Waals surface area contributed by atoms with Gasteiger partial charge in [-0.15, -0.1) is 0 Å². The summed E-state index contributed by atoms with van der Waals surface area (Å²) in [4.78, 5) is 24.2. The molecule has 0 spiro atoms. The van der Waals surface area contributed by atoms with Gasteiger partial charge in [-0.2, -0.15) is 0 Å². The van der Waals surface area contributed by atoms with Crippen molar-refractivity contribution in [2.24, 2.45) is 17.3 Å². The second-order valence-electron chi connectivity index (χ2n) is 5.99. The maximum Gasteiger partial charge on any atom is 0.307 e. The zero-order valence-electron chi connectivity index (χ0n) is 12.2. The Kier molecular flexibility index (Phi) is 3.50. The third kappa shape index (κ3) is 2.12. The molecule has 22 heavy (non-hydrogen) atoms. The van der Waals surface area contributed by atoms with Crippen LogP contribution in [0.1, 0.15) is 17.3 Å². The zero-order chi connectivity index (χ0) is 16.1. The second-order valence-corrected chi connectivity index (χ2v) is 6.40. The summed E-state index contributed by atoms with van der Waals surface area (Å²) in [7, 11) is 1.75. The predicted octanol–water partition coefficient (Wildman–Crippen LogP) is 2.83. The lowest BCUT2D eigenvalue weighted by Gasteiger charge is -2.09. The molecule has 1 aromatic heterocycles. The first-order valence-electron chi connectivity index (χ1n) is 6.98. The van der Waals surface area contributed by atoms with Crippen LogP contribution in [-0.2, 0) is 4.79 Å². The number of carboxylic acids is 1. The molecule has 0 saturated heterocycles. The van der Waals surface area contributed by atoms with Crippen molar-refractivity contribution in [3.63, 3.8) is 0 Å². The smallest absolute Gasteiger partial charge is 0.307 e. The molecule has 0 amide bonds. The molecule has 1 aliphatic carbocycles. The van der Waals surface area contributed by atoms with Gasteiger partial charge in [-0.25, -0.2) is 0 Å². The normalized spacial score (nSPS) is 27.0. The number of fused-ring (bicyclic) bond motifs is 1. The number of aliphatic carboxylic acids is 1. The van der Waals surface area contributed by atoms with Gasteiger partial charge in [0.25, 0.3) is 0 Å². The highest BCUT2D eigenvalue weighted by molar-refractivity contribution is 6.35. The molecule has 1 unspecified atom stereocenters. The molecule has 0 aliphatic heterocycles. The van der Waals surface area contributed by atoms with Crippen LogP contribution in [0.4, 0.5) is 0 Å². The van der Waals surface area contributed by atoms with Crippen LogP contribution in [-0.4, -0.2) is 30.5 Å². The number of carboxylic acid groups (broad SMARTS) is 1. The van der Waals surface area contributed by atoms with Crippen LogP contribution in [0.15, 0.2) is 28.9 Å². The summed E-state index contributed by atoms with van der Waals surface area (Å²) < 4.78 is 5.25. The molecule has 1 heterocycles. The van der Waals surface area contributed by atoms with Gasteiger partial charge in [-0.1, -0.05) is 18.5 Å². The summed E-state index contributed by atoms with van der Waals surface area (Å²) in [6, 6.07) is 4.98. The number of carbonyl (C=O) groups excluding carboxylic acids is 1. The van der Waals surface area contributed by atoms with Crippen LogP contribution in [0.25, 0.3) is 11.0 Å². The summed E-state index contributed by atoms with van der Waals surface area (Å²) in [6.07, 6.45) is 1.51. The van der Waals surface area contributed by atoms with E-state index in [1.165, 1.54) is 6.26 Å². The molecule has 1 fully saturated rings. The summed E-state index contributed by atoms with van der Waals surface area (Å²) in [5.41, 5.74) is 0.381. The van der Waals surface area contributed by atoms with Crippen molar-refractivity contribution in [1.29, 1.82) is 0 Å². The molecule has 0 radical (unpaired) electrons. The van der Waals surface area contributed by atoms with E-state index in [2.05, 4.69) is 5.32 Å². The number of hydrogen-bond donors (Lipinski definition) is 2. The Morgan fingerprint density at radius 3 is 2.77 bits per heavy atom. The molecule has 1 aromatic carbocycles. The SMILES string of the molecule is CNCC1(C)[C@H](C(=O)O)[C@H]1C(=O)c1cc(Cl)c2occc2c1. The number of nitrogens with one attached hydrogen (secondary N) is 1. The average molecular weight is 322 g/mol. The molecular formula is C16H16ClNO4. The predicted molar refractivity (Wildman–Crippen MR) is 82.2 cm³/mol. The summed E-state index contributed by atoms with van der Waals surface area (Å²) in [5, 5.41) is 13.4. The molecule has 5 nitrogen and oxygen atoms in total. The Balaban J connectivity index is 1.97. The van der Waals surface area contributed by atoms with Crippen molar-refractivity contribution in [1.82, 2.24) is 5.32 Å². The first-order valence-corrected chi connectivity index (χ1v) is 7.36. The quantitative estimate of drug-likeness (QED) is 0.828. The van der Waals surface area contributed by atoms with Gasteiger partial charge in [-0.05, 0) is 25.2 Å². The Bertz CT molecular complexity index is 769. The maximum absolute atomic E-state index is 12.7. The van der Waals surface area contributed by atoms with Crippen molar-refractivity contribution in [2.45, 2.75) is 6.92 Å². The highest BCUT2D eigenvalue weighted by Crippen LogP contribution is 2.59. The minimum Gasteiger partial charge on any atom is -0.481 e. The van der Waals surface area contributed by atoms with E-state index in [1.54, 1.807) is 25.2 Å². The van der Waals surface area contributed by atoms with Crippen molar-refractivity contribution in [2.75, 3.05) is 13.6 Å². The third-order valence-electron chi connectivity index (χ3n) is 4.54. The second kappa shape index (κ2) is 5.11. The topological polar surface area (TPSA) is 79.5 Å². The number of benzene rings is 1. The molecule has 3 atom stereocenters. The first kappa shape index (κ1) is 15.1. The number of halogens is 1. The molecule has 6 heteroatoms. The minimum absolute atomic E-state index is 0.185. The minimum atomic E-state index is -0.938. The Labute approximate surface area is 132 Å². The summed E-state index contributed by atoms with van der Waals surface area (Å²) >= 11 is 6.13. The molecule has 1 aliphatic rings. The van der Waals surface area contributed by atoms with Gasteiger partial charge in [0.1, 0.15) is 0 Å². The fourth-order valence-electron chi connectivity index (χ4n) is 3.40. The van der Waals surface area contributed by atoms with E-state index in [9.17, 15) is 14.7 Å². The molecule has 2 N–H and O–H groups in total. The van der Waals surface area contributed by atoms with E-state index in [0.717, 1.165) is 5.39 Å². The first-order chi connectivity index (χ1) is 10.4. The Hall–Kier alpha value is -1.85.